The number of para-hydroxylation sites is 1. The molecule has 1 aliphatic rings. The van der Waals surface area contributed by atoms with Crippen molar-refractivity contribution in [3.8, 4) is 5.75 Å². The number of carbonyl (C=O) groups is 2. The Morgan fingerprint density at radius 1 is 1.13 bits per heavy atom. The molecule has 0 fully saturated rings. The molecule has 1 heterocycles. The minimum atomic E-state index is -0.605. The van der Waals surface area contributed by atoms with Crippen molar-refractivity contribution >= 4 is 35.1 Å². The third-order valence-electron chi connectivity index (χ3n) is 4.54. The van der Waals surface area contributed by atoms with E-state index < -0.39 is 17.3 Å². The highest BCUT2D eigenvalue weighted by molar-refractivity contribution is 6.33. The van der Waals surface area contributed by atoms with Crippen LogP contribution in [0.25, 0.3) is 0 Å². The second kappa shape index (κ2) is 8.67. The van der Waals surface area contributed by atoms with Gasteiger partial charge in [0.1, 0.15) is 17.0 Å². The summed E-state index contributed by atoms with van der Waals surface area (Å²) in [5, 5.41) is 8.95. The van der Waals surface area contributed by atoms with Gasteiger partial charge in [-0.1, -0.05) is 23.7 Å². The lowest BCUT2D eigenvalue weighted by Crippen LogP contribution is -2.42. The molecule has 1 atom stereocenters. The van der Waals surface area contributed by atoms with Gasteiger partial charge in [0.05, 0.1) is 16.8 Å². The fraction of sp³-hybridized carbons (Fsp3) is 0.391. The van der Waals surface area contributed by atoms with Crippen LogP contribution in [-0.4, -0.2) is 23.3 Å². The summed E-state index contributed by atoms with van der Waals surface area (Å²) < 4.78 is 11.4. The van der Waals surface area contributed by atoms with Gasteiger partial charge in [-0.05, 0) is 65.0 Å². The van der Waals surface area contributed by atoms with Crippen molar-refractivity contribution in [3.63, 3.8) is 0 Å². The molecule has 3 amide bonds. The summed E-state index contributed by atoms with van der Waals surface area (Å²) in [5.41, 5.74) is 0.757. The minimum Gasteiger partial charge on any atom is -0.487 e. The molecule has 0 spiro atoms. The summed E-state index contributed by atoms with van der Waals surface area (Å²) in [6.07, 6.45) is -0.00303. The van der Waals surface area contributed by atoms with Crippen molar-refractivity contribution in [2.75, 3.05) is 10.6 Å². The molecular formula is C23H28ClN3O4. The summed E-state index contributed by atoms with van der Waals surface area (Å²) >= 11 is 6.14. The third-order valence-corrected chi connectivity index (χ3v) is 4.87. The zero-order chi connectivity index (χ0) is 22.8. The van der Waals surface area contributed by atoms with Crippen LogP contribution in [0.4, 0.5) is 21.0 Å². The average molecular weight is 446 g/mol. The second-order valence-corrected chi connectivity index (χ2v) is 9.48. The van der Waals surface area contributed by atoms with Gasteiger partial charge < -0.3 is 20.1 Å². The largest absolute Gasteiger partial charge is 0.487 e. The first-order valence-electron chi connectivity index (χ1n) is 10.1. The lowest BCUT2D eigenvalue weighted by Gasteiger charge is -2.38. The Balaban J connectivity index is 1.79. The second-order valence-electron chi connectivity index (χ2n) is 9.08. The Morgan fingerprint density at radius 2 is 1.84 bits per heavy atom. The highest BCUT2D eigenvalue weighted by Gasteiger charge is 2.35. The SMILES string of the molecule is CC(C)(C)OC(=O)Nc1ccc2c(c1)C(NC(=O)Nc1ccccc1Cl)CC(C)(C)O2. The number of benzene rings is 2. The normalized spacial score (nSPS) is 17.0. The number of hydrogen-bond acceptors (Lipinski definition) is 4. The van der Waals surface area contributed by atoms with Crippen LogP contribution in [0.1, 0.15) is 52.6 Å². The van der Waals surface area contributed by atoms with Crippen LogP contribution in [0.2, 0.25) is 5.02 Å². The first kappa shape index (κ1) is 22.7. The molecule has 0 saturated carbocycles. The van der Waals surface area contributed by atoms with Crippen LogP contribution in [-0.2, 0) is 4.74 Å². The summed E-state index contributed by atoms with van der Waals surface area (Å²) in [5.74, 6) is 0.647. The number of ether oxygens (including phenoxy) is 2. The van der Waals surface area contributed by atoms with E-state index in [9.17, 15) is 9.59 Å². The number of halogens is 1. The van der Waals surface area contributed by atoms with Crippen molar-refractivity contribution in [1.29, 1.82) is 0 Å². The zero-order valence-electron chi connectivity index (χ0n) is 18.3. The molecule has 3 N–H and O–H groups in total. The zero-order valence-corrected chi connectivity index (χ0v) is 19.1. The van der Waals surface area contributed by atoms with Crippen LogP contribution < -0.4 is 20.7 Å². The minimum absolute atomic E-state index is 0.332. The molecule has 7 nitrogen and oxygen atoms in total. The van der Waals surface area contributed by atoms with Crippen molar-refractivity contribution < 1.29 is 19.1 Å². The van der Waals surface area contributed by atoms with Gasteiger partial charge in [0, 0.05) is 17.7 Å². The fourth-order valence-corrected chi connectivity index (χ4v) is 3.54. The van der Waals surface area contributed by atoms with Gasteiger partial charge >= 0.3 is 12.1 Å². The number of carbonyl (C=O) groups excluding carboxylic acids is 2. The average Bonchev–Trinajstić information content (AvgIpc) is 2.62. The van der Waals surface area contributed by atoms with Crippen LogP contribution in [0.15, 0.2) is 42.5 Å². The van der Waals surface area contributed by atoms with E-state index in [0.29, 0.717) is 28.6 Å². The van der Waals surface area contributed by atoms with Crippen LogP contribution in [0.3, 0.4) is 0 Å². The molecule has 0 saturated heterocycles. The summed E-state index contributed by atoms with van der Waals surface area (Å²) in [6, 6.07) is 11.6. The Kier molecular flexibility index (Phi) is 6.36. The molecule has 0 radical (unpaired) electrons. The molecule has 2 aromatic rings. The molecule has 0 aromatic heterocycles. The number of anilines is 2. The predicted molar refractivity (Wildman–Crippen MR) is 122 cm³/mol. The first-order chi connectivity index (χ1) is 14.4. The monoisotopic (exact) mass is 445 g/mol. The van der Waals surface area contributed by atoms with E-state index in [4.69, 9.17) is 21.1 Å². The maximum Gasteiger partial charge on any atom is 0.412 e. The lowest BCUT2D eigenvalue weighted by atomic mass is 9.89. The van der Waals surface area contributed by atoms with Gasteiger partial charge in [-0.25, -0.2) is 9.59 Å². The third kappa shape index (κ3) is 6.28. The molecule has 1 unspecified atom stereocenters. The molecular weight excluding hydrogens is 418 g/mol. The van der Waals surface area contributed by atoms with E-state index in [1.54, 1.807) is 63.2 Å². The van der Waals surface area contributed by atoms with Gasteiger partial charge in [-0.3, -0.25) is 5.32 Å². The van der Waals surface area contributed by atoms with E-state index in [0.717, 1.165) is 5.56 Å². The topological polar surface area (TPSA) is 88.7 Å². The molecule has 1 aliphatic heterocycles. The van der Waals surface area contributed by atoms with Gasteiger partial charge in [-0.2, -0.15) is 0 Å². The van der Waals surface area contributed by atoms with Crippen LogP contribution in [0.5, 0.6) is 5.75 Å². The van der Waals surface area contributed by atoms with Gasteiger partial charge in [0.2, 0.25) is 0 Å². The molecule has 8 heteroatoms. The number of rotatable bonds is 3. The van der Waals surface area contributed by atoms with Crippen molar-refractivity contribution in [3.05, 3.63) is 53.1 Å². The van der Waals surface area contributed by atoms with Gasteiger partial charge in [0.25, 0.3) is 0 Å². The van der Waals surface area contributed by atoms with Crippen LogP contribution >= 0.6 is 11.6 Å². The lowest BCUT2D eigenvalue weighted by molar-refractivity contribution is 0.0631. The van der Waals surface area contributed by atoms with E-state index in [1.165, 1.54) is 0 Å². The van der Waals surface area contributed by atoms with E-state index in [2.05, 4.69) is 16.0 Å². The summed E-state index contributed by atoms with van der Waals surface area (Å²) in [6.45, 7) is 9.32. The number of nitrogens with one attached hydrogen (secondary N) is 3. The first-order valence-corrected chi connectivity index (χ1v) is 10.4. The van der Waals surface area contributed by atoms with Crippen LogP contribution in [0, 0.1) is 0 Å². The van der Waals surface area contributed by atoms with E-state index in [1.807, 2.05) is 13.8 Å². The molecule has 0 bridgehead atoms. The maximum atomic E-state index is 12.7. The molecule has 2 aromatic carbocycles. The standard InChI is InChI=1S/C23H28ClN3O4/c1-22(2,3)31-21(29)25-14-10-11-19-15(12-14)18(13-23(4,5)30-19)27-20(28)26-17-9-7-6-8-16(17)24/h6-12,18H,13H2,1-5H3,(H,25,29)(H2,26,27,28). The molecule has 0 aliphatic carbocycles. The van der Waals surface area contributed by atoms with E-state index in [-0.39, 0.29) is 12.1 Å². The number of fused-ring (bicyclic) bond motifs is 1. The summed E-state index contributed by atoms with van der Waals surface area (Å²) in [4.78, 5) is 24.8. The molecule has 31 heavy (non-hydrogen) atoms. The Hall–Kier alpha value is -2.93. The quantitative estimate of drug-likeness (QED) is 0.531. The number of urea groups is 1. The Labute approximate surface area is 187 Å². The summed E-state index contributed by atoms with van der Waals surface area (Å²) in [7, 11) is 0. The predicted octanol–water partition coefficient (Wildman–Crippen LogP) is 6.11. The highest BCUT2D eigenvalue weighted by atomic mass is 35.5. The van der Waals surface area contributed by atoms with Crippen molar-refractivity contribution in [1.82, 2.24) is 5.32 Å². The van der Waals surface area contributed by atoms with Crippen molar-refractivity contribution in [2.24, 2.45) is 0 Å². The molecule has 166 valence electrons. The molecule has 3 rings (SSSR count). The van der Waals surface area contributed by atoms with Gasteiger partial charge in [0.15, 0.2) is 0 Å². The Morgan fingerprint density at radius 3 is 2.52 bits per heavy atom. The highest BCUT2D eigenvalue weighted by Crippen LogP contribution is 2.41. The van der Waals surface area contributed by atoms with E-state index >= 15 is 0 Å². The van der Waals surface area contributed by atoms with Gasteiger partial charge in [-0.15, -0.1) is 0 Å². The van der Waals surface area contributed by atoms with Crippen molar-refractivity contribution in [2.45, 2.75) is 58.3 Å². The Bertz CT molecular complexity index is 985. The fourth-order valence-electron chi connectivity index (χ4n) is 3.36. The maximum absolute atomic E-state index is 12.7. The smallest absolute Gasteiger partial charge is 0.412 e. The number of hydrogen-bond donors (Lipinski definition) is 3. The number of amides is 3.